The molecule has 0 radical (unpaired) electrons. The average Bonchev–Trinajstić information content (AvgIpc) is 3.86. The summed E-state index contributed by atoms with van der Waals surface area (Å²) in [6.45, 7) is 0. The molecule has 2 aliphatic rings. The molecule has 12 aromatic rings. The molecule has 0 amide bonds. The first-order chi connectivity index (χ1) is 32.3. The molecule has 1 spiro atoms. The van der Waals surface area contributed by atoms with Gasteiger partial charge in [-0.1, -0.05) is 188 Å². The van der Waals surface area contributed by atoms with Crippen molar-refractivity contribution in [3.05, 3.63) is 265 Å². The van der Waals surface area contributed by atoms with E-state index in [1.54, 1.807) is 0 Å². The minimum absolute atomic E-state index is 0.590. The zero-order valence-electron chi connectivity index (χ0n) is 35.5. The lowest BCUT2D eigenvalue weighted by Crippen LogP contribution is -2.32. The smallest absolute Gasteiger partial charge is 0.0726 e. The highest BCUT2D eigenvalue weighted by Crippen LogP contribution is 2.64. The van der Waals surface area contributed by atoms with Crippen LogP contribution in [-0.2, 0) is 5.41 Å². The minimum atomic E-state index is -0.590. The van der Waals surface area contributed by atoms with Gasteiger partial charge in [0, 0.05) is 33.2 Å². The Labute approximate surface area is 377 Å². The summed E-state index contributed by atoms with van der Waals surface area (Å²) in [5.74, 6) is 0. The van der Waals surface area contributed by atoms with Crippen LogP contribution in [-0.4, -0.2) is 4.57 Å². The second-order valence-corrected chi connectivity index (χ2v) is 17.6. The van der Waals surface area contributed by atoms with Gasteiger partial charge in [-0.15, -0.1) is 0 Å². The van der Waals surface area contributed by atoms with E-state index < -0.39 is 5.41 Å². The van der Waals surface area contributed by atoms with Crippen LogP contribution in [0.1, 0.15) is 22.3 Å². The SMILES string of the molecule is c1ccc(-c2cccc3c2-c2ccc(N(c4ccc5c(c4)c4ccccc4n5-c4ccccc4)c4cccc5ccccc45)cc2C32c3ccccc3-c3cccc4cccc2c34)cc1. The zero-order chi connectivity index (χ0) is 42.6. The van der Waals surface area contributed by atoms with Crippen LogP contribution in [0.5, 0.6) is 0 Å². The molecule has 65 heavy (non-hydrogen) atoms. The van der Waals surface area contributed by atoms with Crippen LogP contribution in [0.4, 0.5) is 17.1 Å². The van der Waals surface area contributed by atoms with Crippen molar-refractivity contribution in [3.8, 4) is 39.1 Å². The zero-order valence-corrected chi connectivity index (χ0v) is 35.5. The van der Waals surface area contributed by atoms with Gasteiger partial charge in [0.1, 0.15) is 0 Å². The van der Waals surface area contributed by atoms with Crippen molar-refractivity contribution in [2.75, 3.05) is 4.90 Å². The highest BCUT2D eigenvalue weighted by molar-refractivity contribution is 6.12. The average molecular weight is 825 g/mol. The number of hydrogen-bond donors (Lipinski definition) is 0. The molecular weight excluding hydrogens is 785 g/mol. The molecule has 1 heterocycles. The Morgan fingerprint density at radius 3 is 1.83 bits per heavy atom. The number of nitrogens with zero attached hydrogens (tertiary/aromatic N) is 2. The van der Waals surface area contributed by atoms with E-state index in [1.165, 1.54) is 99.0 Å². The van der Waals surface area contributed by atoms with Crippen molar-refractivity contribution in [2.24, 2.45) is 0 Å². The molecule has 2 nitrogen and oxygen atoms in total. The normalized spacial score (nSPS) is 14.5. The van der Waals surface area contributed by atoms with Gasteiger partial charge in [-0.25, -0.2) is 0 Å². The maximum absolute atomic E-state index is 2.53. The van der Waals surface area contributed by atoms with Gasteiger partial charge >= 0.3 is 0 Å². The Hall–Kier alpha value is -8.46. The number of hydrogen-bond acceptors (Lipinski definition) is 1. The van der Waals surface area contributed by atoms with E-state index in [0.717, 1.165) is 22.7 Å². The van der Waals surface area contributed by atoms with Crippen molar-refractivity contribution in [1.82, 2.24) is 4.57 Å². The van der Waals surface area contributed by atoms with Gasteiger partial charge in [0.05, 0.1) is 22.1 Å². The maximum atomic E-state index is 2.53. The fourth-order valence-electron chi connectivity index (χ4n) is 11.8. The molecule has 0 saturated heterocycles. The van der Waals surface area contributed by atoms with Crippen molar-refractivity contribution >= 4 is 60.4 Å². The van der Waals surface area contributed by atoms with Crippen molar-refractivity contribution < 1.29 is 0 Å². The molecular formula is C63H40N2. The number of aromatic nitrogens is 1. The quantitative estimate of drug-likeness (QED) is 0.168. The van der Waals surface area contributed by atoms with E-state index in [4.69, 9.17) is 0 Å². The molecule has 0 saturated carbocycles. The van der Waals surface area contributed by atoms with E-state index >= 15 is 0 Å². The lowest BCUT2D eigenvalue weighted by molar-refractivity contribution is 0.773. The minimum Gasteiger partial charge on any atom is -0.310 e. The molecule has 11 aromatic carbocycles. The molecule has 0 bridgehead atoms. The number of benzene rings is 11. The van der Waals surface area contributed by atoms with Crippen LogP contribution >= 0.6 is 0 Å². The molecule has 0 N–H and O–H groups in total. The van der Waals surface area contributed by atoms with Crippen molar-refractivity contribution in [2.45, 2.75) is 5.41 Å². The van der Waals surface area contributed by atoms with Crippen LogP contribution in [0, 0.1) is 0 Å². The number of rotatable bonds is 5. The summed E-state index contributed by atoms with van der Waals surface area (Å²) >= 11 is 0. The van der Waals surface area contributed by atoms with Crippen LogP contribution in [0.25, 0.3) is 82.4 Å². The van der Waals surface area contributed by atoms with Gasteiger partial charge in [0.25, 0.3) is 0 Å². The van der Waals surface area contributed by atoms with Crippen molar-refractivity contribution in [1.29, 1.82) is 0 Å². The molecule has 2 heteroatoms. The lowest BCUT2D eigenvalue weighted by Gasteiger charge is -2.40. The Morgan fingerprint density at radius 1 is 0.338 bits per heavy atom. The summed E-state index contributed by atoms with van der Waals surface area (Å²) in [5, 5.41) is 7.45. The first-order valence-corrected chi connectivity index (χ1v) is 22.6. The molecule has 2 aliphatic carbocycles. The molecule has 14 rings (SSSR count). The molecule has 1 atom stereocenters. The van der Waals surface area contributed by atoms with Crippen LogP contribution in [0.3, 0.4) is 0 Å². The van der Waals surface area contributed by atoms with Gasteiger partial charge in [0.2, 0.25) is 0 Å². The Kier molecular flexibility index (Phi) is 7.64. The van der Waals surface area contributed by atoms with Gasteiger partial charge in [-0.2, -0.15) is 0 Å². The van der Waals surface area contributed by atoms with E-state index in [1.807, 2.05) is 0 Å². The summed E-state index contributed by atoms with van der Waals surface area (Å²) in [5.41, 5.74) is 19.2. The molecule has 0 aliphatic heterocycles. The fraction of sp³-hybridized carbons (Fsp3) is 0.0159. The van der Waals surface area contributed by atoms with E-state index in [9.17, 15) is 0 Å². The standard InChI is InChI=1S/C63H40N2/c1-3-17-42(18-4-1)48-28-16-32-56-62(48)52-37-35-46(40-57(52)63(56)54-30-11-9-26-49(54)51-29-13-21-43-22-14-31-55(63)61(43)51)64(58-34-15-20-41-19-7-8-25-47(41)58)45-36-38-60-53(39-45)50-27-10-12-33-59(50)65(60)44-23-5-2-6-24-44/h1-40H. The van der Waals surface area contributed by atoms with Crippen LogP contribution < -0.4 is 4.90 Å². The highest BCUT2D eigenvalue weighted by atomic mass is 15.1. The highest BCUT2D eigenvalue weighted by Gasteiger charge is 2.51. The maximum Gasteiger partial charge on any atom is 0.0726 e. The Morgan fingerprint density at radius 2 is 0.938 bits per heavy atom. The monoisotopic (exact) mass is 824 g/mol. The first-order valence-electron chi connectivity index (χ1n) is 22.6. The molecule has 0 fully saturated rings. The number of anilines is 3. The third-order valence-corrected chi connectivity index (χ3v) is 14.4. The molecule has 302 valence electrons. The topological polar surface area (TPSA) is 8.17 Å². The third kappa shape index (κ3) is 4.99. The molecule has 1 aromatic heterocycles. The van der Waals surface area contributed by atoms with Crippen LogP contribution in [0.2, 0.25) is 0 Å². The van der Waals surface area contributed by atoms with E-state index in [2.05, 4.69) is 252 Å². The number of para-hydroxylation sites is 2. The van der Waals surface area contributed by atoms with E-state index in [0.29, 0.717) is 0 Å². The van der Waals surface area contributed by atoms with E-state index in [-0.39, 0.29) is 0 Å². The first kappa shape index (κ1) is 36.1. The lowest BCUT2D eigenvalue weighted by atomic mass is 9.61. The van der Waals surface area contributed by atoms with Gasteiger partial charge in [-0.3, -0.25) is 0 Å². The second-order valence-electron chi connectivity index (χ2n) is 17.6. The van der Waals surface area contributed by atoms with Gasteiger partial charge in [-0.05, 0) is 126 Å². The van der Waals surface area contributed by atoms with Gasteiger partial charge < -0.3 is 9.47 Å². The Balaban J connectivity index is 1.10. The van der Waals surface area contributed by atoms with Crippen LogP contribution in [0.15, 0.2) is 243 Å². The summed E-state index contributed by atoms with van der Waals surface area (Å²) in [6, 6.07) is 90.3. The summed E-state index contributed by atoms with van der Waals surface area (Å²) in [6.07, 6.45) is 0. The summed E-state index contributed by atoms with van der Waals surface area (Å²) in [7, 11) is 0. The predicted octanol–water partition coefficient (Wildman–Crippen LogP) is 16.6. The Bertz CT molecular complexity index is 3890. The third-order valence-electron chi connectivity index (χ3n) is 14.4. The fourth-order valence-corrected chi connectivity index (χ4v) is 11.8. The second kappa shape index (κ2) is 13.8. The predicted molar refractivity (Wildman–Crippen MR) is 272 cm³/mol. The summed E-state index contributed by atoms with van der Waals surface area (Å²) in [4.78, 5) is 2.51. The van der Waals surface area contributed by atoms with Gasteiger partial charge in [0.15, 0.2) is 0 Å². The summed E-state index contributed by atoms with van der Waals surface area (Å²) < 4.78 is 2.40. The largest absolute Gasteiger partial charge is 0.310 e. The number of fused-ring (bicyclic) bond motifs is 13. The van der Waals surface area contributed by atoms with Crippen molar-refractivity contribution in [3.63, 3.8) is 0 Å². The molecule has 1 unspecified atom stereocenters.